The molecule has 0 aromatic carbocycles. The molecular weight excluding hydrogens is 318 g/mol. The van der Waals surface area contributed by atoms with Gasteiger partial charge >= 0.3 is 0 Å². The molecule has 8 heteroatoms. The van der Waals surface area contributed by atoms with Crippen LogP contribution in [0.2, 0.25) is 0 Å². The van der Waals surface area contributed by atoms with Gasteiger partial charge in [-0.05, 0) is 39.4 Å². The predicted octanol–water partition coefficient (Wildman–Crippen LogP) is 1.55. The number of likely N-dealkylation sites (tertiary alicyclic amines) is 1. The fourth-order valence-electron chi connectivity index (χ4n) is 3.51. The van der Waals surface area contributed by atoms with Crippen molar-refractivity contribution in [2.24, 2.45) is 0 Å². The number of ether oxygens (including phenoxy) is 1. The first-order valence-corrected chi connectivity index (χ1v) is 8.97. The summed E-state index contributed by atoms with van der Waals surface area (Å²) < 4.78 is 7.64. The smallest absolute Gasteiger partial charge is 0.222 e. The van der Waals surface area contributed by atoms with Crippen molar-refractivity contribution in [1.82, 2.24) is 29.6 Å². The Balaban J connectivity index is 1.69. The summed E-state index contributed by atoms with van der Waals surface area (Å²) in [6, 6.07) is 0.374. The van der Waals surface area contributed by atoms with Crippen LogP contribution in [0.5, 0.6) is 0 Å². The van der Waals surface area contributed by atoms with Crippen molar-refractivity contribution >= 4 is 5.95 Å². The molecule has 25 heavy (non-hydrogen) atoms. The minimum absolute atomic E-state index is 0.295. The van der Waals surface area contributed by atoms with E-state index in [9.17, 15) is 0 Å². The lowest BCUT2D eigenvalue weighted by atomic mass is 10.1. The first-order chi connectivity index (χ1) is 12.2. The molecule has 4 heterocycles. The zero-order valence-corrected chi connectivity index (χ0v) is 14.9. The molecule has 2 aromatic rings. The van der Waals surface area contributed by atoms with Crippen LogP contribution in [0, 0.1) is 0 Å². The summed E-state index contributed by atoms with van der Waals surface area (Å²) in [5.41, 5.74) is 0.913. The monoisotopic (exact) mass is 343 g/mol. The fourth-order valence-corrected chi connectivity index (χ4v) is 3.51. The standard InChI is InChI=1S/C17H25N7O/c1-18-17-19-9-13(10-20-17)16-21-15(12-5-8-25-11-12)22-24(16)14-3-6-23(2)7-4-14/h9-10,12,14H,3-8,11H2,1-2H3,(H,18,19,20)/t12-/m0/s1. The van der Waals surface area contributed by atoms with Gasteiger partial charge in [-0.2, -0.15) is 5.10 Å². The number of aromatic nitrogens is 5. The first kappa shape index (κ1) is 16.4. The van der Waals surface area contributed by atoms with E-state index in [4.69, 9.17) is 14.8 Å². The highest BCUT2D eigenvalue weighted by molar-refractivity contribution is 5.53. The summed E-state index contributed by atoms with van der Waals surface area (Å²) in [6.07, 6.45) is 6.81. The minimum atomic E-state index is 0.295. The van der Waals surface area contributed by atoms with Crippen LogP contribution in [0.25, 0.3) is 11.4 Å². The average Bonchev–Trinajstić information content (AvgIpc) is 3.32. The van der Waals surface area contributed by atoms with E-state index < -0.39 is 0 Å². The fraction of sp³-hybridized carbons (Fsp3) is 0.647. The molecule has 0 spiro atoms. The van der Waals surface area contributed by atoms with Crippen molar-refractivity contribution in [2.75, 3.05) is 45.7 Å². The van der Waals surface area contributed by atoms with Gasteiger partial charge in [-0.15, -0.1) is 0 Å². The Bertz CT molecular complexity index is 700. The summed E-state index contributed by atoms with van der Waals surface area (Å²) in [5, 5.41) is 7.85. The van der Waals surface area contributed by atoms with Gasteiger partial charge in [0.25, 0.3) is 0 Å². The second-order valence-corrected chi connectivity index (χ2v) is 6.88. The van der Waals surface area contributed by atoms with Gasteiger partial charge in [-0.1, -0.05) is 0 Å². The second-order valence-electron chi connectivity index (χ2n) is 6.88. The molecule has 0 aliphatic carbocycles. The molecule has 0 saturated carbocycles. The van der Waals surface area contributed by atoms with Crippen LogP contribution >= 0.6 is 0 Å². The molecule has 2 aliphatic heterocycles. The molecule has 2 fully saturated rings. The number of hydrogen-bond donors (Lipinski definition) is 1. The van der Waals surface area contributed by atoms with Crippen LogP contribution in [-0.2, 0) is 4.74 Å². The molecule has 0 radical (unpaired) electrons. The van der Waals surface area contributed by atoms with Gasteiger partial charge in [-0.25, -0.2) is 19.6 Å². The lowest BCUT2D eigenvalue weighted by Crippen LogP contribution is -2.32. The Hall–Kier alpha value is -2.06. The van der Waals surface area contributed by atoms with E-state index >= 15 is 0 Å². The number of hydrogen-bond acceptors (Lipinski definition) is 7. The number of nitrogens with zero attached hydrogens (tertiary/aromatic N) is 6. The number of anilines is 1. The topological polar surface area (TPSA) is 81.0 Å². The van der Waals surface area contributed by atoms with Gasteiger partial charge < -0.3 is 15.0 Å². The summed E-state index contributed by atoms with van der Waals surface area (Å²) in [5.74, 6) is 2.67. The van der Waals surface area contributed by atoms with Crippen LogP contribution in [0.4, 0.5) is 5.95 Å². The van der Waals surface area contributed by atoms with E-state index in [0.29, 0.717) is 24.5 Å². The van der Waals surface area contributed by atoms with Gasteiger partial charge in [0.05, 0.1) is 18.2 Å². The first-order valence-electron chi connectivity index (χ1n) is 8.97. The van der Waals surface area contributed by atoms with Crippen molar-refractivity contribution in [2.45, 2.75) is 31.2 Å². The third-order valence-electron chi connectivity index (χ3n) is 5.11. The number of piperidine rings is 1. The zero-order valence-electron chi connectivity index (χ0n) is 14.9. The zero-order chi connectivity index (χ0) is 17.2. The molecule has 8 nitrogen and oxygen atoms in total. The molecule has 0 amide bonds. The Kier molecular flexibility index (Phi) is 4.63. The second kappa shape index (κ2) is 7.05. The third-order valence-corrected chi connectivity index (χ3v) is 5.11. The van der Waals surface area contributed by atoms with Gasteiger partial charge in [-0.3, -0.25) is 0 Å². The maximum absolute atomic E-state index is 5.53. The largest absolute Gasteiger partial charge is 0.381 e. The van der Waals surface area contributed by atoms with Crippen LogP contribution in [0.1, 0.15) is 37.0 Å². The van der Waals surface area contributed by atoms with Crippen molar-refractivity contribution in [3.8, 4) is 11.4 Å². The van der Waals surface area contributed by atoms with E-state index in [1.54, 1.807) is 0 Å². The molecule has 2 aromatic heterocycles. The molecule has 0 unspecified atom stereocenters. The van der Waals surface area contributed by atoms with E-state index in [2.05, 4.69) is 31.9 Å². The van der Waals surface area contributed by atoms with Crippen LogP contribution in [0.15, 0.2) is 12.4 Å². The number of nitrogens with one attached hydrogen (secondary N) is 1. The van der Waals surface area contributed by atoms with Crippen LogP contribution in [0.3, 0.4) is 0 Å². The Labute approximate surface area is 147 Å². The summed E-state index contributed by atoms with van der Waals surface area (Å²) in [4.78, 5) is 15.9. The lowest BCUT2D eigenvalue weighted by Gasteiger charge is -2.29. The Morgan fingerprint density at radius 2 is 1.92 bits per heavy atom. The van der Waals surface area contributed by atoms with E-state index in [1.165, 1.54) is 0 Å². The highest BCUT2D eigenvalue weighted by Crippen LogP contribution is 2.30. The Morgan fingerprint density at radius 3 is 2.56 bits per heavy atom. The van der Waals surface area contributed by atoms with E-state index in [0.717, 1.165) is 56.2 Å². The van der Waals surface area contributed by atoms with Crippen LogP contribution < -0.4 is 5.32 Å². The molecule has 1 N–H and O–H groups in total. The molecule has 1 atom stereocenters. The van der Waals surface area contributed by atoms with Crippen LogP contribution in [-0.4, -0.2) is 70.0 Å². The normalized spacial score (nSPS) is 22.4. The molecule has 0 bridgehead atoms. The van der Waals surface area contributed by atoms with Crippen molar-refractivity contribution < 1.29 is 4.74 Å². The Morgan fingerprint density at radius 1 is 1.16 bits per heavy atom. The predicted molar refractivity (Wildman–Crippen MR) is 94.5 cm³/mol. The highest BCUT2D eigenvalue weighted by Gasteiger charge is 2.28. The third kappa shape index (κ3) is 3.36. The van der Waals surface area contributed by atoms with E-state index in [-0.39, 0.29) is 0 Å². The highest BCUT2D eigenvalue weighted by atomic mass is 16.5. The van der Waals surface area contributed by atoms with Gasteiger partial charge in [0, 0.05) is 32.0 Å². The molecule has 4 rings (SSSR count). The molecular formula is C17H25N7O. The van der Waals surface area contributed by atoms with E-state index in [1.807, 2.05) is 19.4 Å². The lowest BCUT2D eigenvalue weighted by molar-refractivity contribution is 0.192. The minimum Gasteiger partial charge on any atom is -0.381 e. The van der Waals surface area contributed by atoms with Gasteiger partial charge in [0.15, 0.2) is 11.6 Å². The summed E-state index contributed by atoms with van der Waals surface area (Å²) >= 11 is 0. The maximum atomic E-state index is 5.53. The summed E-state index contributed by atoms with van der Waals surface area (Å²) in [6.45, 7) is 3.68. The molecule has 134 valence electrons. The SMILES string of the molecule is CNc1ncc(-c2nc([C@H]3CCOC3)nn2C2CCN(C)CC2)cn1. The summed E-state index contributed by atoms with van der Waals surface area (Å²) in [7, 11) is 3.98. The van der Waals surface area contributed by atoms with Crippen molar-refractivity contribution in [3.05, 3.63) is 18.2 Å². The number of rotatable bonds is 4. The molecule has 2 aliphatic rings. The van der Waals surface area contributed by atoms with Crippen molar-refractivity contribution in [1.29, 1.82) is 0 Å². The molecule has 2 saturated heterocycles. The average molecular weight is 343 g/mol. The van der Waals surface area contributed by atoms with Gasteiger partial charge in [0.1, 0.15) is 0 Å². The van der Waals surface area contributed by atoms with Crippen molar-refractivity contribution in [3.63, 3.8) is 0 Å². The van der Waals surface area contributed by atoms with Gasteiger partial charge in [0.2, 0.25) is 5.95 Å². The maximum Gasteiger partial charge on any atom is 0.222 e. The quantitative estimate of drug-likeness (QED) is 0.902.